The van der Waals surface area contributed by atoms with Crippen LogP contribution in [0, 0.1) is 0 Å². The Labute approximate surface area is 180 Å². The van der Waals surface area contributed by atoms with Gasteiger partial charge in [0.1, 0.15) is 6.54 Å². The van der Waals surface area contributed by atoms with Gasteiger partial charge in [0.2, 0.25) is 15.9 Å². The standard InChI is InChI=1S/C21H23N3O6S/c1-30-20(26)13-22-19(25)11-14-5-7-16(8-6-14)23-21(27)15-3-2-4-18(12-15)31(28,29)24-17-9-10-17/h2-8,12,17,24H,9-11,13H2,1H3,(H,22,25)(H,23,27). The zero-order valence-corrected chi connectivity index (χ0v) is 17.7. The van der Waals surface area contributed by atoms with E-state index >= 15 is 0 Å². The smallest absolute Gasteiger partial charge is 0.325 e. The molecule has 0 radical (unpaired) electrons. The second-order valence-corrected chi connectivity index (χ2v) is 8.82. The molecule has 1 fully saturated rings. The molecule has 0 atom stereocenters. The maximum Gasteiger partial charge on any atom is 0.325 e. The third-order valence-electron chi connectivity index (χ3n) is 4.54. The van der Waals surface area contributed by atoms with Gasteiger partial charge in [0.25, 0.3) is 5.91 Å². The van der Waals surface area contributed by atoms with Gasteiger partial charge in [0.05, 0.1) is 18.4 Å². The minimum Gasteiger partial charge on any atom is -0.468 e. The van der Waals surface area contributed by atoms with Crippen LogP contribution < -0.4 is 15.4 Å². The lowest BCUT2D eigenvalue weighted by atomic mass is 10.1. The highest BCUT2D eigenvalue weighted by Gasteiger charge is 2.28. The second kappa shape index (κ2) is 9.71. The van der Waals surface area contributed by atoms with Crippen molar-refractivity contribution in [1.82, 2.24) is 10.0 Å². The summed E-state index contributed by atoms with van der Waals surface area (Å²) < 4.78 is 31.7. The molecule has 3 N–H and O–H groups in total. The number of rotatable bonds is 9. The first-order chi connectivity index (χ1) is 14.8. The Morgan fingerprint density at radius 2 is 1.77 bits per heavy atom. The third-order valence-corrected chi connectivity index (χ3v) is 6.06. The molecule has 0 bridgehead atoms. The highest BCUT2D eigenvalue weighted by Crippen LogP contribution is 2.22. The van der Waals surface area contributed by atoms with Gasteiger partial charge >= 0.3 is 5.97 Å². The molecule has 0 unspecified atom stereocenters. The highest BCUT2D eigenvalue weighted by molar-refractivity contribution is 7.89. The molecule has 0 heterocycles. The molecule has 2 aromatic rings. The lowest BCUT2D eigenvalue weighted by Gasteiger charge is -2.09. The van der Waals surface area contributed by atoms with Crippen LogP contribution >= 0.6 is 0 Å². The molecule has 3 rings (SSSR count). The first-order valence-electron chi connectivity index (χ1n) is 9.63. The molecule has 1 aliphatic carbocycles. The lowest BCUT2D eigenvalue weighted by Crippen LogP contribution is -2.31. The van der Waals surface area contributed by atoms with Gasteiger partial charge < -0.3 is 15.4 Å². The molecule has 0 aromatic heterocycles. The summed E-state index contributed by atoms with van der Waals surface area (Å²) in [7, 11) is -2.41. The third kappa shape index (κ3) is 6.63. The van der Waals surface area contributed by atoms with E-state index in [-0.39, 0.29) is 35.4 Å². The van der Waals surface area contributed by atoms with Crippen molar-refractivity contribution in [1.29, 1.82) is 0 Å². The summed E-state index contributed by atoms with van der Waals surface area (Å²) in [5.41, 5.74) is 1.40. The average molecular weight is 445 g/mol. The van der Waals surface area contributed by atoms with Crippen LogP contribution in [0.5, 0.6) is 0 Å². The molecule has 1 saturated carbocycles. The summed E-state index contributed by atoms with van der Waals surface area (Å²) in [6, 6.07) is 12.4. The van der Waals surface area contributed by atoms with Crippen LogP contribution in [0.15, 0.2) is 53.4 Å². The number of esters is 1. The summed E-state index contributed by atoms with van der Waals surface area (Å²) in [4.78, 5) is 35.4. The predicted molar refractivity (Wildman–Crippen MR) is 113 cm³/mol. The first-order valence-corrected chi connectivity index (χ1v) is 11.1. The fraction of sp³-hybridized carbons (Fsp3) is 0.286. The normalized spacial score (nSPS) is 13.3. The molecule has 2 amide bonds. The lowest BCUT2D eigenvalue weighted by molar-refractivity contribution is -0.141. The first kappa shape index (κ1) is 22.4. The number of carbonyl (C=O) groups excluding carboxylic acids is 3. The van der Waals surface area contributed by atoms with Crippen molar-refractivity contribution in [3.05, 3.63) is 59.7 Å². The molecule has 0 spiro atoms. The van der Waals surface area contributed by atoms with Crippen molar-refractivity contribution in [3.8, 4) is 0 Å². The number of ether oxygens (including phenoxy) is 1. The van der Waals surface area contributed by atoms with Crippen LogP contribution in [0.2, 0.25) is 0 Å². The van der Waals surface area contributed by atoms with E-state index in [2.05, 4.69) is 20.1 Å². The van der Waals surface area contributed by atoms with Gasteiger partial charge in [0, 0.05) is 17.3 Å². The maximum atomic E-state index is 12.5. The van der Waals surface area contributed by atoms with Crippen LogP contribution in [0.3, 0.4) is 0 Å². The van der Waals surface area contributed by atoms with Crippen LogP contribution in [-0.2, 0) is 30.8 Å². The van der Waals surface area contributed by atoms with Crippen LogP contribution in [0.25, 0.3) is 0 Å². The Morgan fingerprint density at radius 1 is 1.06 bits per heavy atom. The zero-order chi connectivity index (χ0) is 22.4. The van der Waals surface area contributed by atoms with Crippen molar-refractivity contribution in [2.45, 2.75) is 30.2 Å². The Hall–Kier alpha value is -3.24. The van der Waals surface area contributed by atoms with Gasteiger partial charge in [-0.25, -0.2) is 13.1 Å². The Morgan fingerprint density at radius 3 is 2.42 bits per heavy atom. The number of hydrogen-bond donors (Lipinski definition) is 3. The average Bonchev–Trinajstić information content (AvgIpc) is 3.56. The van der Waals surface area contributed by atoms with Gasteiger partial charge in [0.15, 0.2) is 0 Å². The molecule has 0 saturated heterocycles. The number of anilines is 1. The van der Waals surface area contributed by atoms with Crippen molar-refractivity contribution < 1.29 is 27.5 Å². The molecule has 9 nitrogen and oxygen atoms in total. The summed E-state index contributed by atoms with van der Waals surface area (Å²) in [6.45, 7) is -0.200. The second-order valence-electron chi connectivity index (χ2n) is 7.10. The van der Waals surface area contributed by atoms with E-state index in [4.69, 9.17) is 0 Å². The fourth-order valence-corrected chi connectivity index (χ4v) is 4.04. The number of nitrogens with one attached hydrogen (secondary N) is 3. The summed E-state index contributed by atoms with van der Waals surface area (Å²) in [5, 5.41) is 5.15. The van der Waals surface area contributed by atoms with Crippen molar-refractivity contribution in [2.24, 2.45) is 0 Å². The van der Waals surface area contributed by atoms with E-state index in [0.29, 0.717) is 11.3 Å². The van der Waals surface area contributed by atoms with Crippen LogP contribution in [-0.4, -0.2) is 45.9 Å². The Balaban J connectivity index is 1.59. The molecular formula is C21H23N3O6S. The SMILES string of the molecule is COC(=O)CNC(=O)Cc1ccc(NC(=O)c2cccc(S(=O)(=O)NC3CC3)c2)cc1. The van der Waals surface area contributed by atoms with Gasteiger partial charge in [-0.05, 0) is 48.7 Å². The molecule has 10 heteroatoms. The molecular weight excluding hydrogens is 422 g/mol. The van der Waals surface area contributed by atoms with Crippen LogP contribution in [0.1, 0.15) is 28.8 Å². The van der Waals surface area contributed by atoms with Gasteiger partial charge in [-0.2, -0.15) is 0 Å². The van der Waals surface area contributed by atoms with E-state index in [1.54, 1.807) is 24.3 Å². The Bertz CT molecular complexity index is 1080. The number of hydrogen-bond acceptors (Lipinski definition) is 6. The van der Waals surface area contributed by atoms with E-state index in [1.807, 2.05) is 0 Å². The highest BCUT2D eigenvalue weighted by atomic mass is 32.2. The molecule has 1 aliphatic rings. The topological polar surface area (TPSA) is 131 Å². The molecule has 2 aromatic carbocycles. The van der Waals surface area contributed by atoms with E-state index in [1.165, 1.54) is 31.4 Å². The summed E-state index contributed by atoms with van der Waals surface area (Å²) >= 11 is 0. The van der Waals surface area contributed by atoms with Gasteiger partial charge in [-0.1, -0.05) is 18.2 Å². The monoisotopic (exact) mass is 445 g/mol. The van der Waals surface area contributed by atoms with Gasteiger partial charge in [-0.3, -0.25) is 14.4 Å². The largest absolute Gasteiger partial charge is 0.468 e. The van der Waals surface area contributed by atoms with E-state index < -0.39 is 21.9 Å². The van der Waals surface area contributed by atoms with E-state index in [0.717, 1.165) is 12.8 Å². The quantitative estimate of drug-likeness (QED) is 0.498. The fourth-order valence-electron chi connectivity index (χ4n) is 2.69. The minimum atomic E-state index is -3.65. The number of methoxy groups -OCH3 is 1. The summed E-state index contributed by atoms with van der Waals surface area (Å²) in [5.74, 6) is -1.32. The van der Waals surface area contributed by atoms with Crippen LogP contribution in [0.4, 0.5) is 5.69 Å². The van der Waals surface area contributed by atoms with Crippen molar-refractivity contribution in [2.75, 3.05) is 19.0 Å². The van der Waals surface area contributed by atoms with Gasteiger partial charge in [-0.15, -0.1) is 0 Å². The maximum absolute atomic E-state index is 12.5. The zero-order valence-electron chi connectivity index (χ0n) is 16.9. The molecule has 31 heavy (non-hydrogen) atoms. The Kier molecular flexibility index (Phi) is 7.03. The summed E-state index contributed by atoms with van der Waals surface area (Å²) in [6.07, 6.45) is 1.71. The number of sulfonamides is 1. The van der Waals surface area contributed by atoms with Crippen molar-refractivity contribution in [3.63, 3.8) is 0 Å². The van der Waals surface area contributed by atoms with E-state index in [9.17, 15) is 22.8 Å². The minimum absolute atomic E-state index is 0.0245. The predicted octanol–water partition coefficient (Wildman–Crippen LogP) is 1.21. The van der Waals surface area contributed by atoms with Crippen molar-refractivity contribution >= 4 is 33.5 Å². The number of carbonyl (C=O) groups is 3. The molecule has 0 aliphatic heterocycles. The number of amides is 2. The number of benzene rings is 2. The molecule has 164 valence electrons.